The molecule has 0 aromatic carbocycles. The lowest BCUT2D eigenvalue weighted by Crippen LogP contribution is -2.35. The third-order valence-corrected chi connectivity index (χ3v) is 5.66. The largest absolute Gasteiger partial charge is 0.400 e. The molecule has 2 N–H and O–H groups in total. The molecule has 7 heteroatoms. The van der Waals surface area contributed by atoms with Gasteiger partial charge in [0.2, 0.25) is 0 Å². The summed E-state index contributed by atoms with van der Waals surface area (Å²) in [6, 6.07) is 0. The Labute approximate surface area is 153 Å². The standard InChI is InChI=1S/C18H36O6S/c1-2-3-4-7-10-13-16(20)18-17(23-25(21,22)24-18)14-11-8-5-6-9-12-15-19/h16-20H,2-15H2,1H3. The van der Waals surface area contributed by atoms with E-state index in [1.54, 1.807) is 0 Å². The van der Waals surface area contributed by atoms with Gasteiger partial charge in [-0.25, -0.2) is 8.37 Å². The first kappa shape index (κ1) is 22.8. The quantitative estimate of drug-likeness (QED) is 0.423. The molecule has 0 amide bonds. The van der Waals surface area contributed by atoms with Crippen LogP contribution in [-0.2, 0) is 18.8 Å². The molecule has 1 rings (SSSR count). The summed E-state index contributed by atoms with van der Waals surface area (Å²) in [7, 11) is -3.97. The Balaban J connectivity index is 2.29. The molecule has 6 nitrogen and oxygen atoms in total. The maximum atomic E-state index is 11.6. The number of hydrogen-bond donors (Lipinski definition) is 2. The molecule has 0 aromatic heterocycles. The molecule has 0 aliphatic carbocycles. The molecule has 3 atom stereocenters. The predicted octanol–water partition coefficient (Wildman–Crippen LogP) is 3.46. The van der Waals surface area contributed by atoms with Crippen LogP contribution in [0.25, 0.3) is 0 Å². The van der Waals surface area contributed by atoms with Gasteiger partial charge in [0, 0.05) is 6.61 Å². The molecule has 1 heterocycles. The number of aliphatic hydroxyl groups excluding tert-OH is 2. The first-order chi connectivity index (χ1) is 12.0. The van der Waals surface area contributed by atoms with Gasteiger partial charge < -0.3 is 10.2 Å². The highest BCUT2D eigenvalue weighted by Crippen LogP contribution is 2.29. The Morgan fingerprint density at radius 1 is 0.880 bits per heavy atom. The van der Waals surface area contributed by atoms with E-state index < -0.39 is 28.7 Å². The molecular formula is C18H36O6S. The van der Waals surface area contributed by atoms with Crippen LogP contribution < -0.4 is 0 Å². The average molecular weight is 381 g/mol. The second-order valence-corrected chi connectivity index (χ2v) is 8.21. The minimum absolute atomic E-state index is 0.239. The van der Waals surface area contributed by atoms with E-state index in [1.165, 1.54) is 12.8 Å². The maximum Gasteiger partial charge on any atom is 0.400 e. The zero-order valence-corrected chi connectivity index (χ0v) is 16.4. The summed E-state index contributed by atoms with van der Waals surface area (Å²) in [5, 5.41) is 19.1. The smallest absolute Gasteiger partial charge is 0.396 e. The average Bonchev–Trinajstić information content (AvgIpc) is 2.88. The zero-order chi connectivity index (χ0) is 18.5. The van der Waals surface area contributed by atoms with Gasteiger partial charge in [-0.05, 0) is 19.3 Å². The van der Waals surface area contributed by atoms with Gasteiger partial charge in [-0.2, -0.15) is 8.42 Å². The SMILES string of the molecule is CCCCCCCC(O)C1OS(=O)(=O)OC1CCCCCCCCO. The monoisotopic (exact) mass is 380 g/mol. The van der Waals surface area contributed by atoms with E-state index in [-0.39, 0.29) is 6.61 Å². The van der Waals surface area contributed by atoms with E-state index in [0.29, 0.717) is 12.8 Å². The van der Waals surface area contributed by atoms with Gasteiger partial charge in [-0.15, -0.1) is 0 Å². The number of hydrogen-bond acceptors (Lipinski definition) is 6. The third kappa shape index (κ3) is 9.89. The maximum absolute atomic E-state index is 11.6. The van der Waals surface area contributed by atoms with Crippen LogP contribution in [0, 0.1) is 0 Å². The Morgan fingerprint density at radius 3 is 2.16 bits per heavy atom. The topological polar surface area (TPSA) is 93.1 Å². The highest BCUT2D eigenvalue weighted by atomic mass is 32.3. The van der Waals surface area contributed by atoms with Crippen molar-refractivity contribution < 1.29 is 27.0 Å². The summed E-state index contributed by atoms with van der Waals surface area (Å²) in [6.07, 6.45) is 10.2. The van der Waals surface area contributed by atoms with Crippen LogP contribution in [-0.4, -0.2) is 43.5 Å². The second-order valence-electron chi connectivity index (χ2n) is 7.01. The molecule has 150 valence electrons. The highest BCUT2D eigenvalue weighted by Gasteiger charge is 2.43. The fourth-order valence-corrected chi connectivity index (χ4v) is 4.32. The lowest BCUT2D eigenvalue weighted by molar-refractivity contribution is 0.00959. The molecule has 0 bridgehead atoms. The molecule has 3 unspecified atom stereocenters. The lowest BCUT2D eigenvalue weighted by Gasteiger charge is -2.20. The minimum atomic E-state index is -3.97. The van der Waals surface area contributed by atoms with E-state index in [2.05, 4.69) is 6.92 Å². The van der Waals surface area contributed by atoms with Crippen molar-refractivity contribution in [1.29, 1.82) is 0 Å². The molecule has 0 aromatic rings. The van der Waals surface area contributed by atoms with Crippen LogP contribution in [0.15, 0.2) is 0 Å². The van der Waals surface area contributed by atoms with E-state index in [1.807, 2.05) is 0 Å². The van der Waals surface area contributed by atoms with Gasteiger partial charge in [-0.3, -0.25) is 0 Å². The molecule has 0 saturated carbocycles. The fraction of sp³-hybridized carbons (Fsp3) is 1.00. The second kappa shape index (κ2) is 13.0. The van der Waals surface area contributed by atoms with Crippen LogP contribution in [0.4, 0.5) is 0 Å². The highest BCUT2D eigenvalue weighted by molar-refractivity contribution is 7.82. The molecule has 0 spiro atoms. The molecular weight excluding hydrogens is 344 g/mol. The normalized spacial score (nSPS) is 23.8. The van der Waals surface area contributed by atoms with Crippen LogP contribution in [0.3, 0.4) is 0 Å². The van der Waals surface area contributed by atoms with Crippen molar-refractivity contribution in [2.24, 2.45) is 0 Å². The lowest BCUT2D eigenvalue weighted by atomic mass is 9.97. The Bertz CT molecular complexity index is 425. The van der Waals surface area contributed by atoms with Crippen molar-refractivity contribution in [3.8, 4) is 0 Å². The van der Waals surface area contributed by atoms with Gasteiger partial charge in [0.15, 0.2) is 0 Å². The predicted molar refractivity (Wildman–Crippen MR) is 97.5 cm³/mol. The van der Waals surface area contributed by atoms with Crippen LogP contribution in [0.5, 0.6) is 0 Å². The Hall–Kier alpha value is -0.210. The van der Waals surface area contributed by atoms with Gasteiger partial charge in [0.25, 0.3) is 0 Å². The number of aliphatic hydroxyl groups is 2. The number of unbranched alkanes of at least 4 members (excludes halogenated alkanes) is 9. The van der Waals surface area contributed by atoms with Crippen LogP contribution >= 0.6 is 0 Å². The van der Waals surface area contributed by atoms with Crippen molar-refractivity contribution >= 4 is 10.4 Å². The molecule has 25 heavy (non-hydrogen) atoms. The first-order valence-corrected chi connectivity index (χ1v) is 11.2. The van der Waals surface area contributed by atoms with Crippen molar-refractivity contribution in [2.45, 2.75) is 109 Å². The van der Waals surface area contributed by atoms with Gasteiger partial charge in [-0.1, -0.05) is 71.1 Å². The van der Waals surface area contributed by atoms with Gasteiger partial charge in [0.05, 0.1) is 6.10 Å². The first-order valence-electron chi connectivity index (χ1n) is 9.90. The van der Waals surface area contributed by atoms with Crippen molar-refractivity contribution in [3.63, 3.8) is 0 Å². The molecule has 1 fully saturated rings. The zero-order valence-electron chi connectivity index (χ0n) is 15.6. The molecule has 1 saturated heterocycles. The van der Waals surface area contributed by atoms with E-state index in [0.717, 1.165) is 57.8 Å². The summed E-state index contributed by atoms with van der Waals surface area (Å²) in [5.41, 5.74) is 0. The summed E-state index contributed by atoms with van der Waals surface area (Å²) in [5.74, 6) is 0. The van der Waals surface area contributed by atoms with Crippen molar-refractivity contribution in [1.82, 2.24) is 0 Å². The molecule has 0 radical (unpaired) electrons. The van der Waals surface area contributed by atoms with Crippen LogP contribution in [0.2, 0.25) is 0 Å². The van der Waals surface area contributed by atoms with Crippen LogP contribution in [0.1, 0.15) is 90.4 Å². The molecule has 1 aliphatic heterocycles. The number of rotatable bonds is 15. The minimum Gasteiger partial charge on any atom is -0.396 e. The van der Waals surface area contributed by atoms with Gasteiger partial charge >= 0.3 is 10.4 Å². The summed E-state index contributed by atoms with van der Waals surface area (Å²) in [6.45, 7) is 2.39. The molecule has 1 aliphatic rings. The summed E-state index contributed by atoms with van der Waals surface area (Å²) < 4.78 is 33.2. The fourth-order valence-electron chi connectivity index (χ4n) is 3.24. The van der Waals surface area contributed by atoms with E-state index >= 15 is 0 Å². The Morgan fingerprint density at radius 2 is 1.48 bits per heavy atom. The summed E-state index contributed by atoms with van der Waals surface area (Å²) in [4.78, 5) is 0. The van der Waals surface area contributed by atoms with Crippen molar-refractivity contribution in [2.75, 3.05) is 6.61 Å². The third-order valence-electron chi connectivity index (χ3n) is 4.72. The van der Waals surface area contributed by atoms with E-state index in [9.17, 15) is 13.5 Å². The summed E-state index contributed by atoms with van der Waals surface area (Å²) >= 11 is 0. The van der Waals surface area contributed by atoms with Crippen molar-refractivity contribution in [3.05, 3.63) is 0 Å². The van der Waals surface area contributed by atoms with E-state index in [4.69, 9.17) is 13.5 Å². The van der Waals surface area contributed by atoms with Gasteiger partial charge in [0.1, 0.15) is 12.2 Å². The Kier molecular flexibility index (Phi) is 11.9.